The average Bonchev–Trinajstić information content (AvgIpc) is 2.02. The first-order chi connectivity index (χ1) is 6.20. The summed E-state index contributed by atoms with van der Waals surface area (Å²) in [6, 6.07) is 0. The minimum Gasteiger partial charge on any atom is -0.378 e. The van der Waals surface area contributed by atoms with E-state index >= 15 is 0 Å². The zero-order valence-corrected chi connectivity index (χ0v) is 8.51. The standard InChI is InChI=1S/C10H19NO2/c1-8-5-10(3-4-12-8)7-11-6-9(2)13-10/h8-9,11H,3-7H2,1-2H3/t8-,9-,10-/m1/s1. The second-order valence-corrected chi connectivity index (χ2v) is 4.38. The molecule has 3 nitrogen and oxygen atoms in total. The van der Waals surface area contributed by atoms with Gasteiger partial charge >= 0.3 is 0 Å². The number of nitrogens with one attached hydrogen (secondary N) is 1. The Morgan fingerprint density at radius 1 is 1.31 bits per heavy atom. The minimum atomic E-state index is 0.0648. The molecule has 0 aliphatic carbocycles. The van der Waals surface area contributed by atoms with Gasteiger partial charge in [0.25, 0.3) is 0 Å². The van der Waals surface area contributed by atoms with E-state index < -0.39 is 0 Å². The smallest absolute Gasteiger partial charge is 0.0856 e. The molecule has 2 fully saturated rings. The zero-order valence-electron chi connectivity index (χ0n) is 8.51. The van der Waals surface area contributed by atoms with Gasteiger partial charge in [-0.3, -0.25) is 0 Å². The number of morpholine rings is 1. The molecule has 1 spiro atoms. The van der Waals surface area contributed by atoms with Crippen molar-refractivity contribution < 1.29 is 9.47 Å². The number of rotatable bonds is 0. The van der Waals surface area contributed by atoms with Crippen LogP contribution in [0.4, 0.5) is 0 Å². The fraction of sp³-hybridized carbons (Fsp3) is 1.00. The Kier molecular flexibility index (Phi) is 2.58. The monoisotopic (exact) mass is 185 g/mol. The summed E-state index contributed by atoms with van der Waals surface area (Å²) in [5, 5.41) is 3.44. The van der Waals surface area contributed by atoms with Gasteiger partial charge in [0, 0.05) is 32.5 Å². The first kappa shape index (κ1) is 9.44. The van der Waals surface area contributed by atoms with Crippen LogP contribution >= 0.6 is 0 Å². The van der Waals surface area contributed by atoms with Gasteiger partial charge < -0.3 is 14.8 Å². The van der Waals surface area contributed by atoms with Crippen LogP contribution in [0.5, 0.6) is 0 Å². The number of hydrogen-bond acceptors (Lipinski definition) is 3. The van der Waals surface area contributed by atoms with Gasteiger partial charge in [-0.1, -0.05) is 0 Å². The van der Waals surface area contributed by atoms with Gasteiger partial charge in [0.15, 0.2) is 0 Å². The maximum Gasteiger partial charge on any atom is 0.0856 e. The Labute approximate surface area is 79.8 Å². The average molecular weight is 185 g/mol. The first-order valence-corrected chi connectivity index (χ1v) is 5.20. The molecule has 0 unspecified atom stereocenters. The lowest BCUT2D eigenvalue weighted by Gasteiger charge is -2.45. The van der Waals surface area contributed by atoms with Crippen LogP contribution in [0, 0.1) is 0 Å². The Morgan fingerprint density at radius 2 is 2.15 bits per heavy atom. The largest absolute Gasteiger partial charge is 0.378 e. The highest BCUT2D eigenvalue weighted by Crippen LogP contribution is 2.30. The molecule has 3 atom stereocenters. The van der Waals surface area contributed by atoms with E-state index in [9.17, 15) is 0 Å². The molecule has 2 aliphatic rings. The van der Waals surface area contributed by atoms with Gasteiger partial charge in [0.1, 0.15) is 0 Å². The van der Waals surface area contributed by atoms with Crippen molar-refractivity contribution in [3.05, 3.63) is 0 Å². The lowest BCUT2D eigenvalue weighted by molar-refractivity contribution is -0.169. The van der Waals surface area contributed by atoms with E-state index in [0.29, 0.717) is 12.2 Å². The van der Waals surface area contributed by atoms with Gasteiger partial charge in [-0.05, 0) is 13.8 Å². The van der Waals surface area contributed by atoms with Gasteiger partial charge in [-0.2, -0.15) is 0 Å². The third-order valence-electron chi connectivity index (χ3n) is 2.95. The summed E-state index contributed by atoms with van der Waals surface area (Å²) in [6.45, 7) is 7.08. The van der Waals surface area contributed by atoms with Crippen molar-refractivity contribution in [3.8, 4) is 0 Å². The predicted molar refractivity (Wildman–Crippen MR) is 50.8 cm³/mol. The molecular weight excluding hydrogens is 166 g/mol. The van der Waals surface area contributed by atoms with Crippen LogP contribution in [0.3, 0.4) is 0 Å². The molecule has 0 amide bonds. The minimum absolute atomic E-state index is 0.0648. The Bertz CT molecular complexity index is 164. The Morgan fingerprint density at radius 3 is 2.85 bits per heavy atom. The van der Waals surface area contributed by atoms with Crippen molar-refractivity contribution in [2.75, 3.05) is 19.7 Å². The first-order valence-electron chi connectivity index (χ1n) is 5.20. The van der Waals surface area contributed by atoms with E-state index in [4.69, 9.17) is 9.47 Å². The van der Waals surface area contributed by atoms with Crippen molar-refractivity contribution >= 4 is 0 Å². The van der Waals surface area contributed by atoms with Crippen LogP contribution in [0.15, 0.2) is 0 Å². The summed E-state index contributed by atoms with van der Waals surface area (Å²) < 4.78 is 11.6. The molecule has 0 aromatic carbocycles. The van der Waals surface area contributed by atoms with Crippen LogP contribution in [-0.2, 0) is 9.47 Å². The van der Waals surface area contributed by atoms with Gasteiger partial charge in [0.2, 0.25) is 0 Å². The van der Waals surface area contributed by atoms with E-state index in [-0.39, 0.29) is 5.60 Å². The highest BCUT2D eigenvalue weighted by Gasteiger charge is 2.39. The summed E-state index contributed by atoms with van der Waals surface area (Å²) in [5.41, 5.74) is 0.0648. The maximum absolute atomic E-state index is 6.04. The third kappa shape index (κ3) is 2.03. The van der Waals surface area contributed by atoms with Crippen LogP contribution in [0.1, 0.15) is 26.7 Å². The molecular formula is C10H19NO2. The van der Waals surface area contributed by atoms with Gasteiger partial charge in [0.05, 0.1) is 17.8 Å². The van der Waals surface area contributed by atoms with Crippen molar-refractivity contribution in [3.63, 3.8) is 0 Å². The lowest BCUT2D eigenvalue weighted by atomic mass is 9.89. The van der Waals surface area contributed by atoms with Crippen molar-refractivity contribution in [2.45, 2.75) is 44.5 Å². The molecule has 0 aromatic heterocycles. The van der Waals surface area contributed by atoms with E-state index in [0.717, 1.165) is 32.5 Å². The molecule has 0 radical (unpaired) electrons. The second kappa shape index (κ2) is 3.56. The molecule has 3 heteroatoms. The molecule has 2 rings (SSSR count). The molecule has 0 bridgehead atoms. The Balaban J connectivity index is 2.00. The van der Waals surface area contributed by atoms with Crippen molar-refractivity contribution in [1.82, 2.24) is 5.32 Å². The van der Waals surface area contributed by atoms with E-state index in [1.54, 1.807) is 0 Å². The summed E-state index contributed by atoms with van der Waals surface area (Å²) >= 11 is 0. The maximum atomic E-state index is 6.04. The molecule has 2 heterocycles. The third-order valence-corrected chi connectivity index (χ3v) is 2.95. The molecule has 13 heavy (non-hydrogen) atoms. The highest BCUT2D eigenvalue weighted by molar-refractivity contribution is 4.92. The predicted octanol–water partition coefficient (Wildman–Crippen LogP) is 0.932. The van der Waals surface area contributed by atoms with E-state index in [2.05, 4.69) is 19.2 Å². The lowest BCUT2D eigenvalue weighted by Crippen LogP contribution is -2.56. The van der Waals surface area contributed by atoms with Crippen LogP contribution < -0.4 is 5.32 Å². The summed E-state index contributed by atoms with van der Waals surface area (Å²) in [7, 11) is 0. The summed E-state index contributed by atoms with van der Waals surface area (Å²) in [6.07, 6.45) is 2.76. The highest BCUT2D eigenvalue weighted by atomic mass is 16.5. The topological polar surface area (TPSA) is 30.5 Å². The van der Waals surface area contributed by atoms with E-state index in [1.165, 1.54) is 0 Å². The molecule has 2 saturated heterocycles. The van der Waals surface area contributed by atoms with Crippen LogP contribution in [0.25, 0.3) is 0 Å². The summed E-state index contributed by atoms with van der Waals surface area (Å²) in [4.78, 5) is 0. The van der Waals surface area contributed by atoms with E-state index in [1.807, 2.05) is 0 Å². The SMILES string of the molecule is C[C@@H]1C[C@]2(CCO1)CNC[C@@H](C)O2. The normalized spacial score (nSPS) is 46.6. The molecule has 0 saturated carbocycles. The Hall–Kier alpha value is -0.120. The van der Waals surface area contributed by atoms with Crippen molar-refractivity contribution in [2.24, 2.45) is 0 Å². The van der Waals surface area contributed by atoms with Crippen LogP contribution in [-0.4, -0.2) is 37.5 Å². The number of hydrogen-bond donors (Lipinski definition) is 1. The van der Waals surface area contributed by atoms with Gasteiger partial charge in [-0.25, -0.2) is 0 Å². The fourth-order valence-electron chi connectivity index (χ4n) is 2.41. The number of ether oxygens (including phenoxy) is 2. The second-order valence-electron chi connectivity index (χ2n) is 4.38. The summed E-state index contributed by atoms with van der Waals surface area (Å²) in [5.74, 6) is 0. The molecule has 0 aromatic rings. The van der Waals surface area contributed by atoms with Gasteiger partial charge in [-0.15, -0.1) is 0 Å². The van der Waals surface area contributed by atoms with Crippen molar-refractivity contribution in [1.29, 1.82) is 0 Å². The van der Waals surface area contributed by atoms with Crippen LogP contribution in [0.2, 0.25) is 0 Å². The molecule has 76 valence electrons. The fourth-order valence-corrected chi connectivity index (χ4v) is 2.41. The molecule has 1 N–H and O–H groups in total. The molecule has 2 aliphatic heterocycles. The quantitative estimate of drug-likeness (QED) is 0.609. The zero-order chi connectivity index (χ0) is 9.31.